The van der Waals surface area contributed by atoms with Gasteiger partial charge in [0.1, 0.15) is 5.75 Å². The molecule has 1 aromatic rings. The summed E-state index contributed by atoms with van der Waals surface area (Å²) in [5, 5.41) is 0.680. The molecule has 0 aliphatic rings. The van der Waals surface area contributed by atoms with E-state index in [1.54, 1.807) is 7.11 Å². The third-order valence-corrected chi connectivity index (χ3v) is 3.51. The summed E-state index contributed by atoms with van der Waals surface area (Å²) in [7, 11) is 1.63. The molecule has 0 fully saturated rings. The quantitative estimate of drug-likeness (QED) is 0.874. The second kappa shape index (κ2) is 5.55. The van der Waals surface area contributed by atoms with E-state index in [0.29, 0.717) is 16.9 Å². The van der Waals surface area contributed by atoms with E-state index in [0.717, 1.165) is 11.3 Å². The number of hydrogen-bond acceptors (Lipinski definition) is 2. The normalized spacial score (nSPS) is 14.9. The summed E-state index contributed by atoms with van der Waals surface area (Å²) < 4.78 is 5.11. The van der Waals surface area contributed by atoms with Crippen LogP contribution in [0.4, 0.5) is 0 Å². The molecule has 1 rings (SSSR count). The zero-order valence-corrected chi connectivity index (χ0v) is 11.1. The average Bonchev–Trinajstić information content (AvgIpc) is 2.26. The largest absolute Gasteiger partial charge is 0.497 e. The van der Waals surface area contributed by atoms with Crippen molar-refractivity contribution in [2.75, 3.05) is 7.11 Å². The van der Waals surface area contributed by atoms with Crippen LogP contribution in [-0.2, 0) is 0 Å². The average molecular weight is 242 g/mol. The zero-order chi connectivity index (χ0) is 12.3. The molecule has 0 heterocycles. The predicted molar refractivity (Wildman–Crippen MR) is 68.9 cm³/mol. The van der Waals surface area contributed by atoms with Gasteiger partial charge in [0.2, 0.25) is 0 Å². The van der Waals surface area contributed by atoms with Crippen LogP contribution in [0, 0.1) is 11.8 Å². The van der Waals surface area contributed by atoms with E-state index in [4.69, 9.17) is 22.1 Å². The number of hydrogen-bond donors (Lipinski definition) is 1. The summed E-state index contributed by atoms with van der Waals surface area (Å²) in [6, 6.07) is 5.63. The van der Waals surface area contributed by atoms with Gasteiger partial charge in [-0.1, -0.05) is 38.4 Å². The molecule has 2 nitrogen and oxygen atoms in total. The Bertz CT molecular complexity index is 352. The van der Waals surface area contributed by atoms with E-state index in [-0.39, 0.29) is 6.04 Å². The molecule has 0 amide bonds. The number of nitrogens with two attached hydrogens (primary N) is 1. The molecule has 3 heteroatoms. The number of rotatable bonds is 4. The summed E-state index contributed by atoms with van der Waals surface area (Å²) in [5.74, 6) is 1.69. The van der Waals surface area contributed by atoms with E-state index in [2.05, 4.69) is 20.8 Å². The van der Waals surface area contributed by atoms with Gasteiger partial charge in [0.25, 0.3) is 0 Å². The first-order chi connectivity index (χ1) is 7.47. The van der Waals surface area contributed by atoms with Gasteiger partial charge in [0, 0.05) is 11.1 Å². The second-order valence-corrected chi connectivity index (χ2v) is 4.92. The van der Waals surface area contributed by atoms with Crippen LogP contribution in [0.25, 0.3) is 0 Å². The van der Waals surface area contributed by atoms with E-state index < -0.39 is 0 Å². The fourth-order valence-electron chi connectivity index (χ4n) is 1.60. The Balaban J connectivity index is 2.96. The van der Waals surface area contributed by atoms with E-state index >= 15 is 0 Å². The maximum absolute atomic E-state index is 6.21. The van der Waals surface area contributed by atoms with Crippen LogP contribution < -0.4 is 10.5 Å². The standard InChI is InChI=1S/C13H20ClNO/c1-8(2)9(3)13(15)11-6-5-10(16-4)7-12(11)14/h5-9,13H,15H2,1-4H3. The van der Waals surface area contributed by atoms with Gasteiger partial charge in [0.05, 0.1) is 7.11 Å². The first kappa shape index (κ1) is 13.3. The maximum atomic E-state index is 6.21. The summed E-state index contributed by atoms with van der Waals surface area (Å²) in [6.07, 6.45) is 0. The van der Waals surface area contributed by atoms with Crippen molar-refractivity contribution in [1.29, 1.82) is 0 Å². The predicted octanol–water partition coefficient (Wildman–Crippen LogP) is 3.64. The van der Waals surface area contributed by atoms with Gasteiger partial charge in [-0.2, -0.15) is 0 Å². The summed E-state index contributed by atoms with van der Waals surface area (Å²) >= 11 is 6.19. The molecule has 2 unspecified atom stereocenters. The van der Waals surface area contributed by atoms with Crippen LogP contribution in [-0.4, -0.2) is 7.11 Å². The Morgan fingerprint density at radius 1 is 1.25 bits per heavy atom. The number of halogens is 1. The Morgan fingerprint density at radius 3 is 2.31 bits per heavy atom. The van der Waals surface area contributed by atoms with Crippen molar-refractivity contribution in [3.63, 3.8) is 0 Å². The molecule has 0 aliphatic carbocycles. The highest BCUT2D eigenvalue weighted by Crippen LogP contribution is 2.32. The van der Waals surface area contributed by atoms with Crippen molar-refractivity contribution in [1.82, 2.24) is 0 Å². The minimum atomic E-state index is -0.0293. The molecule has 0 aliphatic heterocycles. The minimum Gasteiger partial charge on any atom is -0.497 e. The summed E-state index contributed by atoms with van der Waals surface area (Å²) in [4.78, 5) is 0. The van der Waals surface area contributed by atoms with Gasteiger partial charge in [0.15, 0.2) is 0 Å². The Morgan fingerprint density at radius 2 is 1.88 bits per heavy atom. The monoisotopic (exact) mass is 241 g/mol. The molecule has 0 bridgehead atoms. The minimum absolute atomic E-state index is 0.0293. The fourth-order valence-corrected chi connectivity index (χ4v) is 1.90. The molecule has 2 N–H and O–H groups in total. The van der Waals surface area contributed by atoms with Crippen molar-refractivity contribution >= 4 is 11.6 Å². The van der Waals surface area contributed by atoms with Crippen molar-refractivity contribution < 1.29 is 4.74 Å². The third kappa shape index (κ3) is 2.89. The van der Waals surface area contributed by atoms with Crippen LogP contribution in [0.1, 0.15) is 32.4 Å². The summed E-state index contributed by atoms with van der Waals surface area (Å²) in [5.41, 5.74) is 7.20. The number of methoxy groups -OCH3 is 1. The third-order valence-electron chi connectivity index (χ3n) is 3.18. The molecular weight excluding hydrogens is 222 g/mol. The molecule has 0 radical (unpaired) electrons. The summed E-state index contributed by atoms with van der Waals surface area (Å²) in [6.45, 7) is 6.49. The van der Waals surface area contributed by atoms with Crippen LogP contribution in [0.3, 0.4) is 0 Å². The first-order valence-corrected chi connectivity index (χ1v) is 5.94. The van der Waals surface area contributed by atoms with Crippen molar-refractivity contribution in [2.45, 2.75) is 26.8 Å². The molecule has 1 aromatic carbocycles. The van der Waals surface area contributed by atoms with Gasteiger partial charge >= 0.3 is 0 Å². The van der Waals surface area contributed by atoms with Crippen molar-refractivity contribution in [3.05, 3.63) is 28.8 Å². The molecule has 90 valence electrons. The van der Waals surface area contributed by atoms with Gasteiger partial charge in [-0.15, -0.1) is 0 Å². The second-order valence-electron chi connectivity index (χ2n) is 4.52. The van der Waals surface area contributed by atoms with Crippen LogP contribution >= 0.6 is 11.6 Å². The number of benzene rings is 1. The topological polar surface area (TPSA) is 35.2 Å². The number of ether oxygens (including phenoxy) is 1. The Hall–Kier alpha value is -0.730. The van der Waals surface area contributed by atoms with Gasteiger partial charge in [-0.3, -0.25) is 0 Å². The fraction of sp³-hybridized carbons (Fsp3) is 0.538. The molecular formula is C13H20ClNO. The van der Waals surface area contributed by atoms with Crippen LogP contribution in [0.5, 0.6) is 5.75 Å². The maximum Gasteiger partial charge on any atom is 0.120 e. The van der Waals surface area contributed by atoms with E-state index in [1.807, 2.05) is 18.2 Å². The van der Waals surface area contributed by atoms with E-state index in [9.17, 15) is 0 Å². The van der Waals surface area contributed by atoms with Crippen LogP contribution in [0.15, 0.2) is 18.2 Å². The highest BCUT2D eigenvalue weighted by atomic mass is 35.5. The highest BCUT2D eigenvalue weighted by Gasteiger charge is 2.20. The van der Waals surface area contributed by atoms with Crippen LogP contribution in [0.2, 0.25) is 5.02 Å². The highest BCUT2D eigenvalue weighted by molar-refractivity contribution is 6.31. The molecule has 0 saturated heterocycles. The van der Waals surface area contributed by atoms with Gasteiger partial charge in [-0.25, -0.2) is 0 Å². The lowest BCUT2D eigenvalue weighted by Crippen LogP contribution is -2.23. The lowest BCUT2D eigenvalue weighted by molar-refractivity contribution is 0.352. The first-order valence-electron chi connectivity index (χ1n) is 5.56. The lowest BCUT2D eigenvalue weighted by Gasteiger charge is -2.24. The molecule has 2 atom stereocenters. The van der Waals surface area contributed by atoms with Gasteiger partial charge < -0.3 is 10.5 Å². The lowest BCUT2D eigenvalue weighted by atomic mass is 9.87. The van der Waals surface area contributed by atoms with E-state index in [1.165, 1.54) is 0 Å². The van der Waals surface area contributed by atoms with Crippen molar-refractivity contribution in [2.24, 2.45) is 17.6 Å². The van der Waals surface area contributed by atoms with Crippen molar-refractivity contribution in [3.8, 4) is 5.75 Å². The zero-order valence-electron chi connectivity index (χ0n) is 10.3. The van der Waals surface area contributed by atoms with Gasteiger partial charge in [-0.05, 0) is 29.5 Å². The molecule has 0 saturated carbocycles. The smallest absolute Gasteiger partial charge is 0.120 e. The SMILES string of the molecule is COc1ccc(C(N)C(C)C(C)C)c(Cl)c1. The Kier molecular flexibility index (Phi) is 4.63. The Labute approximate surface area is 103 Å². The molecule has 0 spiro atoms. The molecule has 16 heavy (non-hydrogen) atoms. The molecule has 0 aromatic heterocycles.